The molecule has 3 N–H and O–H groups in total. The van der Waals surface area contributed by atoms with Crippen molar-refractivity contribution in [3.05, 3.63) is 59.2 Å². The summed E-state index contributed by atoms with van der Waals surface area (Å²) in [7, 11) is 0. The summed E-state index contributed by atoms with van der Waals surface area (Å²) in [6.07, 6.45) is 2.01. The van der Waals surface area contributed by atoms with Gasteiger partial charge in [0.1, 0.15) is 0 Å². The third kappa shape index (κ3) is 2.50. The van der Waals surface area contributed by atoms with Gasteiger partial charge in [0.05, 0.1) is 11.3 Å². The number of hydrazine groups is 1. The fourth-order valence-electron chi connectivity index (χ4n) is 2.85. The number of nitrogens with one attached hydrogen (secondary N) is 1. The summed E-state index contributed by atoms with van der Waals surface area (Å²) in [6.45, 7) is 2.72. The van der Waals surface area contributed by atoms with Crippen molar-refractivity contribution >= 4 is 17.3 Å². The zero-order valence-corrected chi connectivity index (χ0v) is 12.1. The molecule has 0 aromatic heterocycles. The van der Waals surface area contributed by atoms with Crippen LogP contribution in [0.1, 0.15) is 27.9 Å². The number of nitrogens with two attached hydrogens (primary N) is 1. The van der Waals surface area contributed by atoms with E-state index in [0.29, 0.717) is 11.3 Å². The SMILES string of the molecule is Cc1ccc(C(=O)N2CCCc3ccccc32)c(NN)c1. The lowest BCUT2D eigenvalue weighted by Gasteiger charge is -2.30. The largest absolute Gasteiger partial charge is 0.323 e. The van der Waals surface area contributed by atoms with E-state index in [4.69, 9.17) is 5.84 Å². The highest BCUT2D eigenvalue weighted by atomic mass is 16.2. The summed E-state index contributed by atoms with van der Waals surface area (Å²) in [5.41, 5.74) is 7.22. The van der Waals surface area contributed by atoms with Crippen LogP contribution in [0.5, 0.6) is 0 Å². The van der Waals surface area contributed by atoms with Gasteiger partial charge in [0.15, 0.2) is 0 Å². The first kappa shape index (κ1) is 13.6. The van der Waals surface area contributed by atoms with Crippen molar-refractivity contribution in [3.63, 3.8) is 0 Å². The first-order valence-corrected chi connectivity index (χ1v) is 7.18. The van der Waals surface area contributed by atoms with E-state index in [1.165, 1.54) is 5.56 Å². The quantitative estimate of drug-likeness (QED) is 0.657. The lowest BCUT2D eigenvalue weighted by Crippen LogP contribution is -2.36. The van der Waals surface area contributed by atoms with E-state index < -0.39 is 0 Å². The minimum Gasteiger partial charge on any atom is -0.323 e. The average molecular weight is 281 g/mol. The zero-order chi connectivity index (χ0) is 14.8. The number of amides is 1. The third-order valence-corrected chi connectivity index (χ3v) is 3.92. The Bertz CT molecular complexity index is 681. The van der Waals surface area contributed by atoms with E-state index >= 15 is 0 Å². The molecule has 1 aliphatic heterocycles. The van der Waals surface area contributed by atoms with Gasteiger partial charge in [-0.1, -0.05) is 24.3 Å². The van der Waals surface area contributed by atoms with Crippen LogP contribution in [0.25, 0.3) is 0 Å². The summed E-state index contributed by atoms with van der Waals surface area (Å²) in [4.78, 5) is 14.7. The molecule has 108 valence electrons. The summed E-state index contributed by atoms with van der Waals surface area (Å²) in [6, 6.07) is 13.8. The standard InChI is InChI=1S/C17H19N3O/c1-12-8-9-14(15(11-12)19-18)17(21)20-10-4-6-13-5-2-3-7-16(13)20/h2-3,5,7-9,11,19H,4,6,10,18H2,1H3. The minimum atomic E-state index is -0.00454. The van der Waals surface area contributed by atoms with Crippen LogP contribution in [0.2, 0.25) is 0 Å². The van der Waals surface area contributed by atoms with Crippen LogP contribution in [0.4, 0.5) is 11.4 Å². The number of carbonyl (C=O) groups excluding carboxylic acids is 1. The molecule has 3 rings (SSSR count). The predicted octanol–water partition coefficient (Wildman–Crippen LogP) is 2.87. The maximum absolute atomic E-state index is 12.9. The van der Waals surface area contributed by atoms with Crippen molar-refractivity contribution in [2.45, 2.75) is 19.8 Å². The molecule has 0 saturated heterocycles. The normalized spacial score (nSPS) is 13.7. The topological polar surface area (TPSA) is 58.4 Å². The van der Waals surface area contributed by atoms with Gasteiger partial charge in [0.25, 0.3) is 5.91 Å². The third-order valence-electron chi connectivity index (χ3n) is 3.92. The van der Waals surface area contributed by atoms with Crippen molar-refractivity contribution in [3.8, 4) is 0 Å². The number of benzene rings is 2. The number of carbonyl (C=O) groups is 1. The Morgan fingerprint density at radius 3 is 2.86 bits per heavy atom. The molecule has 0 radical (unpaired) electrons. The molecule has 2 aromatic rings. The molecule has 1 aliphatic rings. The number of hydrogen-bond acceptors (Lipinski definition) is 3. The van der Waals surface area contributed by atoms with E-state index in [9.17, 15) is 4.79 Å². The second-order valence-electron chi connectivity index (χ2n) is 5.38. The Kier molecular flexibility index (Phi) is 3.62. The second-order valence-corrected chi connectivity index (χ2v) is 5.38. The van der Waals surface area contributed by atoms with E-state index in [2.05, 4.69) is 11.5 Å². The van der Waals surface area contributed by atoms with Crippen molar-refractivity contribution in [2.24, 2.45) is 5.84 Å². The number of fused-ring (bicyclic) bond motifs is 1. The Labute approximate surface area is 124 Å². The molecule has 4 heteroatoms. The Balaban J connectivity index is 2.00. The monoisotopic (exact) mass is 281 g/mol. The van der Waals surface area contributed by atoms with E-state index in [0.717, 1.165) is 30.6 Å². The van der Waals surface area contributed by atoms with Gasteiger partial charge in [-0.05, 0) is 49.1 Å². The van der Waals surface area contributed by atoms with Gasteiger partial charge >= 0.3 is 0 Å². The molecular formula is C17H19N3O. The van der Waals surface area contributed by atoms with Gasteiger partial charge in [0, 0.05) is 12.2 Å². The number of hydrogen-bond donors (Lipinski definition) is 2. The number of rotatable bonds is 2. The maximum Gasteiger partial charge on any atom is 0.260 e. The number of nitrogens with zero attached hydrogens (tertiary/aromatic N) is 1. The van der Waals surface area contributed by atoms with Crippen LogP contribution in [0.15, 0.2) is 42.5 Å². The molecule has 4 nitrogen and oxygen atoms in total. The number of para-hydroxylation sites is 1. The van der Waals surface area contributed by atoms with Crippen molar-refractivity contribution in [2.75, 3.05) is 16.9 Å². The van der Waals surface area contributed by atoms with Crippen molar-refractivity contribution < 1.29 is 4.79 Å². The Hall–Kier alpha value is -2.33. The lowest BCUT2D eigenvalue weighted by atomic mass is 10.00. The van der Waals surface area contributed by atoms with Gasteiger partial charge in [-0.15, -0.1) is 0 Å². The van der Waals surface area contributed by atoms with Gasteiger partial charge in [-0.3, -0.25) is 10.6 Å². The highest BCUT2D eigenvalue weighted by molar-refractivity contribution is 6.10. The highest BCUT2D eigenvalue weighted by Gasteiger charge is 2.24. The molecule has 0 aliphatic carbocycles. The molecule has 0 unspecified atom stereocenters. The van der Waals surface area contributed by atoms with Gasteiger partial charge < -0.3 is 10.3 Å². The molecule has 0 atom stereocenters. The molecule has 1 amide bonds. The second kappa shape index (κ2) is 5.58. The molecule has 2 aromatic carbocycles. The minimum absolute atomic E-state index is 0.00454. The Morgan fingerprint density at radius 1 is 1.24 bits per heavy atom. The summed E-state index contributed by atoms with van der Waals surface area (Å²) in [5.74, 6) is 5.56. The summed E-state index contributed by atoms with van der Waals surface area (Å²) >= 11 is 0. The van der Waals surface area contributed by atoms with E-state index in [-0.39, 0.29) is 5.91 Å². The van der Waals surface area contributed by atoms with Crippen LogP contribution >= 0.6 is 0 Å². The molecule has 0 saturated carbocycles. The van der Waals surface area contributed by atoms with E-state index in [1.807, 2.05) is 48.2 Å². The lowest BCUT2D eigenvalue weighted by molar-refractivity contribution is 0.0986. The highest BCUT2D eigenvalue weighted by Crippen LogP contribution is 2.29. The van der Waals surface area contributed by atoms with Crippen LogP contribution in [-0.4, -0.2) is 12.5 Å². The van der Waals surface area contributed by atoms with Crippen LogP contribution < -0.4 is 16.2 Å². The van der Waals surface area contributed by atoms with Crippen molar-refractivity contribution in [1.82, 2.24) is 0 Å². The summed E-state index contributed by atoms with van der Waals surface area (Å²) < 4.78 is 0. The smallest absolute Gasteiger partial charge is 0.260 e. The van der Waals surface area contributed by atoms with Gasteiger partial charge in [-0.25, -0.2) is 0 Å². The first-order valence-electron chi connectivity index (χ1n) is 7.18. The predicted molar refractivity (Wildman–Crippen MR) is 85.4 cm³/mol. The Morgan fingerprint density at radius 2 is 2.05 bits per heavy atom. The molecular weight excluding hydrogens is 262 g/mol. The average Bonchev–Trinajstić information content (AvgIpc) is 2.53. The summed E-state index contributed by atoms with van der Waals surface area (Å²) in [5, 5.41) is 0. The fourth-order valence-corrected chi connectivity index (χ4v) is 2.85. The van der Waals surface area contributed by atoms with Gasteiger partial charge in [0.2, 0.25) is 0 Å². The molecule has 0 fully saturated rings. The van der Waals surface area contributed by atoms with Crippen molar-refractivity contribution in [1.29, 1.82) is 0 Å². The van der Waals surface area contributed by atoms with Gasteiger partial charge in [-0.2, -0.15) is 0 Å². The van der Waals surface area contributed by atoms with Crippen LogP contribution in [-0.2, 0) is 6.42 Å². The molecule has 0 bridgehead atoms. The number of aryl methyl sites for hydroxylation is 2. The number of anilines is 2. The zero-order valence-electron chi connectivity index (χ0n) is 12.1. The fraction of sp³-hybridized carbons (Fsp3) is 0.235. The van der Waals surface area contributed by atoms with E-state index in [1.54, 1.807) is 0 Å². The first-order chi connectivity index (χ1) is 10.2. The number of nitrogen functional groups attached to an aromatic ring is 1. The molecule has 0 spiro atoms. The maximum atomic E-state index is 12.9. The van der Waals surface area contributed by atoms with Crippen LogP contribution in [0, 0.1) is 6.92 Å². The van der Waals surface area contributed by atoms with Crippen LogP contribution in [0.3, 0.4) is 0 Å². The molecule has 21 heavy (non-hydrogen) atoms. The molecule has 1 heterocycles.